The summed E-state index contributed by atoms with van der Waals surface area (Å²) in [6.07, 6.45) is 2.70. The molecule has 0 unspecified atom stereocenters. The maximum absolute atomic E-state index is 8.85. The molecule has 1 aromatic heterocycles. The molecule has 0 bridgehead atoms. The van der Waals surface area contributed by atoms with Gasteiger partial charge in [0.2, 0.25) is 0 Å². The van der Waals surface area contributed by atoms with Gasteiger partial charge in [-0.1, -0.05) is 0 Å². The molecule has 1 atom stereocenters. The number of hydrogen-bond donors (Lipinski definition) is 2. The molecule has 0 saturated carbocycles. The van der Waals surface area contributed by atoms with Crippen LogP contribution in [0.4, 0.5) is 0 Å². The maximum Gasteiger partial charge on any atom is 0.0794 e. The van der Waals surface area contributed by atoms with Crippen LogP contribution in [0, 0.1) is 0 Å². The second kappa shape index (κ2) is 4.43. The Labute approximate surface area is 70.1 Å². The zero-order valence-corrected chi connectivity index (χ0v) is 7.27. The molecule has 1 heterocycles. The number of rotatable bonds is 4. The summed E-state index contributed by atoms with van der Waals surface area (Å²) in [6.45, 7) is 0.175. The quantitative estimate of drug-likeness (QED) is 0.685. The standard InChI is InChI=1S/C7H12N2OS/c1-8-6(4-10)2-7-3-9-5-11-7/h3,5-6,8,10H,2,4H2,1H3/t6-/m0/s1. The van der Waals surface area contributed by atoms with E-state index in [9.17, 15) is 0 Å². The number of hydrogen-bond acceptors (Lipinski definition) is 4. The molecule has 0 aliphatic rings. The van der Waals surface area contributed by atoms with Gasteiger partial charge in [-0.05, 0) is 7.05 Å². The van der Waals surface area contributed by atoms with Crippen LogP contribution >= 0.6 is 11.3 Å². The molecule has 3 nitrogen and oxygen atoms in total. The van der Waals surface area contributed by atoms with Crippen molar-refractivity contribution >= 4 is 11.3 Å². The fourth-order valence-electron chi connectivity index (χ4n) is 0.844. The summed E-state index contributed by atoms with van der Waals surface area (Å²) in [5, 5.41) is 11.9. The molecule has 1 rings (SSSR count). The van der Waals surface area contributed by atoms with Gasteiger partial charge >= 0.3 is 0 Å². The van der Waals surface area contributed by atoms with Crippen molar-refractivity contribution in [3.63, 3.8) is 0 Å². The number of thiazole rings is 1. The second-order valence-corrected chi connectivity index (χ2v) is 3.31. The Balaban J connectivity index is 2.41. The van der Waals surface area contributed by atoms with E-state index in [2.05, 4.69) is 10.3 Å². The van der Waals surface area contributed by atoms with Gasteiger partial charge in [-0.15, -0.1) is 11.3 Å². The molecule has 0 saturated heterocycles. The highest BCUT2D eigenvalue weighted by atomic mass is 32.1. The van der Waals surface area contributed by atoms with Crippen molar-refractivity contribution in [2.24, 2.45) is 0 Å². The molecule has 2 N–H and O–H groups in total. The fraction of sp³-hybridized carbons (Fsp3) is 0.571. The molecular formula is C7H12N2OS. The lowest BCUT2D eigenvalue weighted by Crippen LogP contribution is -2.30. The topological polar surface area (TPSA) is 45.1 Å². The van der Waals surface area contributed by atoms with Gasteiger partial charge in [0.15, 0.2) is 0 Å². The lowest BCUT2D eigenvalue weighted by atomic mass is 10.2. The van der Waals surface area contributed by atoms with Crippen LogP contribution in [0.3, 0.4) is 0 Å². The average molecular weight is 172 g/mol. The van der Waals surface area contributed by atoms with E-state index in [0.29, 0.717) is 0 Å². The summed E-state index contributed by atoms with van der Waals surface area (Å²) in [5.74, 6) is 0. The van der Waals surface area contributed by atoms with E-state index in [1.54, 1.807) is 16.8 Å². The van der Waals surface area contributed by atoms with Crippen molar-refractivity contribution in [1.29, 1.82) is 0 Å². The van der Waals surface area contributed by atoms with Crippen LogP contribution in [-0.4, -0.2) is 29.8 Å². The first-order chi connectivity index (χ1) is 5.36. The first-order valence-electron chi connectivity index (χ1n) is 3.52. The van der Waals surface area contributed by atoms with Gasteiger partial charge in [-0.3, -0.25) is 4.98 Å². The zero-order valence-electron chi connectivity index (χ0n) is 6.45. The highest BCUT2D eigenvalue weighted by Crippen LogP contribution is 2.07. The Morgan fingerprint density at radius 3 is 3.09 bits per heavy atom. The van der Waals surface area contributed by atoms with Gasteiger partial charge in [0.25, 0.3) is 0 Å². The van der Waals surface area contributed by atoms with Crippen LogP contribution in [0.15, 0.2) is 11.7 Å². The Morgan fingerprint density at radius 2 is 2.64 bits per heavy atom. The Bertz CT molecular complexity index is 184. The number of aliphatic hydroxyl groups is 1. The van der Waals surface area contributed by atoms with Crippen molar-refractivity contribution in [2.45, 2.75) is 12.5 Å². The lowest BCUT2D eigenvalue weighted by Gasteiger charge is -2.10. The molecule has 0 amide bonds. The molecule has 0 aromatic carbocycles. The summed E-state index contributed by atoms with van der Waals surface area (Å²) in [6, 6.07) is 0.162. The minimum absolute atomic E-state index is 0.162. The smallest absolute Gasteiger partial charge is 0.0794 e. The lowest BCUT2D eigenvalue weighted by molar-refractivity contribution is 0.248. The second-order valence-electron chi connectivity index (χ2n) is 2.34. The van der Waals surface area contributed by atoms with Crippen LogP contribution in [0.1, 0.15) is 4.88 Å². The van der Waals surface area contributed by atoms with Crippen LogP contribution in [-0.2, 0) is 6.42 Å². The van der Waals surface area contributed by atoms with Gasteiger partial charge in [-0.25, -0.2) is 0 Å². The van der Waals surface area contributed by atoms with Crippen LogP contribution in [0.5, 0.6) is 0 Å². The Kier molecular flexibility index (Phi) is 3.48. The minimum Gasteiger partial charge on any atom is -0.395 e. The predicted octanol–water partition coefficient (Wildman–Crippen LogP) is 0.266. The highest BCUT2D eigenvalue weighted by Gasteiger charge is 2.05. The molecule has 1 aromatic rings. The van der Waals surface area contributed by atoms with Crippen molar-refractivity contribution in [1.82, 2.24) is 10.3 Å². The van der Waals surface area contributed by atoms with E-state index < -0.39 is 0 Å². The molecule has 0 aliphatic heterocycles. The SMILES string of the molecule is CN[C@H](CO)Cc1cncs1. The van der Waals surface area contributed by atoms with E-state index in [1.165, 1.54) is 4.88 Å². The van der Waals surface area contributed by atoms with E-state index in [-0.39, 0.29) is 12.6 Å². The average Bonchev–Trinajstić information content (AvgIpc) is 2.52. The van der Waals surface area contributed by atoms with Gasteiger partial charge in [0.1, 0.15) is 0 Å². The molecule has 0 fully saturated rings. The third kappa shape index (κ3) is 2.57. The molecule has 62 valence electrons. The van der Waals surface area contributed by atoms with Crippen LogP contribution in [0.25, 0.3) is 0 Å². The summed E-state index contributed by atoms with van der Waals surface area (Å²) in [5.41, 5.74) is 1.80. The highest BCUT2D eigenvalue weighted by molar-refractivity contribution is 7.09. The molecular weight excluding hydrogens is 160 g/mol. The molecule has 0 aliphatic carbocycles. The first-order valence-corrected chi connectivity index (χ1v) is 4.40. The maximum atomic E-state index is 8.85. The number of nitrogens with zero attached hydrogens (tertiary/aromatic N) is 1. The minimum atomic E-state index is 0.162. The summed E-state index contributed by atoms with van der Waals surface area (Å²) in [7, 11) is 1.85. The summed E-state index contributed by atoms with van der Waals surface area (Å²) >= 11 is 1.62. The summed E-state index contributed by atoms with van der Waals surface area (Å²) < 4.78 is 0. The van der Waals surface area contributed by atoms with Gasteiger partial charge < -0.3 is 10.4 Å². The number of nitrogens with one attached hydrogen (secondary N) is 1. The van der Waals surface area contributed by atoms with Gasteiger partial charge in [0, 0.05) is 23.5 Å². The van der Waals surface area contributed by atoms with Crippen molar-refractivity contribution < 1.29 is 5.11 Å². The first kappa shape index (κ1) is 8.64. The van der Waals surface area contributed by atoms with Crippen molar-refractivity contribution in [2.75, 3.05) is 13.7 Å². The van der Waals surface area contributed by atoms with E-state index in [4.69, 9.17) is 5.11 Å². The fourth-order valence-corrected chi connectivity index (χ4v) is 1.52. The van der Waals surface area contributed by atoms with E-state index >= 15 is 0 Å². The molecule has 0 radical (unpaired) electrons. The molecule has 4 heteroatoms. The number of likely N-dealkylation sites (N-methyl/N-ethyl adjacent to an activating group) is 1. The zero-order chi connectivity index (χ0) is 8.10. The van der Waals surface area contributed by atoms with E-state index in [1.807, 2.05) is 13.2 Å². The Hall–Kier alpha value is -0.450. The normalized spacial score (nSPS) is 13.3. The van der Waals surface area contributed by atoms with Gasteiger partial charge in [0.05, 0.1) is 12.1 Å². The van der Waals surface area contributed by atoms with Crippen LogP contribution in [0.2, 0.25) is 0 Å². The monoisotopic (exact) mass is 172 g/mol. The summed E-state index contributed by atoms with van der Waals surface area (Å²) in [4.78, 5) is 5.16. The number of aliphatic hydroxyl groups excluding tert-OH is 1. The van der Waals surface area contributed by atoms with Gasteiger partial charge in [-0.2, -0.15) is 0 Å². The Morgan fingerprint density at radius 1 is 1.82 bits per heavy atom. The molecule has 0 spiro atoms. The third-order valence-corrected chi connectivity index (χ3v) is 2.36. The van der Waals surface area contributed by atoms with E-state index in [0.717, 1.165) is 6.42 Å². The largest absolute Gasteiger partial charge is 0.395 e. The number of aromatic nitrogens is 1. The van der Waals surface area contributed by atoms with Crippen molar-refractivity contribution in [3.8, 4) is 0 Å². The predicted molar refractivity (Wildman–Crippen MR) is 45.8 cm³/mol. The van der Waals surface area contributed by atoms with Crippen molar-refractivity contribution in [3.05, 3.63) is 16.6 Å². The third-order valence-electron chi connectivity index (χ3n) is 1.56. The molecule has 11 heavy (non-hydrogen) atoms. The van der Waals surface area contributed by atoms with Crippen LogP contribution < -0.4 is 5.32 Å².